The normalized spacial score (nSPS) is 12.1. The molecule has 7 rings (SSSR count). The summed E-state index contributed by atoms with van der Waals surface area (Å²) in [6.45, 7) is 0. The minimum atomic E-state index is 0.287. The van der Waals surface area contributed by atoms with Gasteiger partial charge < -0.3 is 10.2 Å². The van der Waals surface area contributed by atoms with Gasteiger partial charge in [0, 0.05) is 10.8 Å². The van der Waals surface area contributed by atoms with Crippen LogP contribution < -0.4 is 0 Å². The van der Waals surface area contributed by atoms with E-state index in [0.29, 0.717) is 0 Å². The van der Waals surface area contributed by atoms with E-state index in [0.717, 1.165) is 44.7 Å². The number of rotatable bonds is 2. The number of phenolic OH excluding ortho intramolecular Hbond substituents is 2. The molecule has 0 radical (unpaired) electrons. The predicted molar refractivity (Wildman–Crippen MR) is 144 cm³/mol. The summed E-state index contributed by atoms with van der Waals surface area (Å²) in [6.07, 6.45) is 0.861. The van der Waals surface area contributed by atoms with Gasteiger partial charge in [-0.05, 0) is 73.8 Å². The molecule has 0 saturated heterocycles. The number of hydrogen-bond donors (Lipinski definition) is 2. The lowest BCUT2D eigenvalue weighted by Crippen LogP contribution is -1.95. The molecular weight excluding hydrogens is 428 g/mol. The van der Waals surface area contributed by atoms with Crippen molar-refractivity contribution in [3.63, 3.8) is 0 Å². The van der Waals surface area contributed by atoms with Crippen molar-refractivity contribution in [2.45, 2.75) is 6.42 Å². The molecule has 1 aliphatic carbocycles. The van der Waals surface area contributed by atoms with E-state index < -0.39 is 0 Å². The maximum Gasteiger partial charge on any atom is 0.123 e. The minimum Gasteiger partial charge on any atom is -0.507 e. The Morgan fingerprint density at radius 3 is 1.63 bits per heavy atom. The van der Waals surface area contributed by atoms with Crippen LogP contribution in [0.4, 0.5) is 0 Å². The zero-order valence-corrected chi connectivity index (χ0v) is 19.0. The Bertz CT molecular complexity index is 1800. The first kappa shape index (κ1) is 19.9. The second-order valence-electron chi connectivity index (χ2n) is 9.20. The molecule has 0 aromatic heterocycles. The molecule has 0 unspecified atom stereocenters. The average Bonchev–Trinajstić information content (AvgIpc) is 3.28. The molecule has 0 atom stereocenters. The van der Waals surface area contributed by atoms with Crippen LogP contribution in [0.15, 0.2) is 109 Å². The first-order chi connectivity index (χ1) is 17.2. The molecule has 6 aromatic rings. The zero-order valence-electron chi connectivity index (χ0n) is 19.0. The van der Waals surface area contributed by atoms with Crippen LogP contribution in [0, 0.1) is 0 Å². The van der Waals surface area contributed by atoms with E-state index in [4.69, 9.17) is 0 Å². The highest BCUT2D eigenvalue weighted by molar-refractivity contribution is 6.09. The zero-order chi connectivity index (χ0) is 23.5. The third-order valence-corrected chi connectivity index (χ3v) is 7.35. The lowest BCUT2D eigenvalue weighted by Gasteiger charge is -2.19. The monoisotopic (exact) mass is 450 g/mol. The number of hydrogen-bond acceptors (Lipinski definition) is 2. The summed E-state index contributed by atoms with van der Waals surface area (Å²) in [6, 6.07) is 36.8. The summed E-state index contributed by atoms with van der Waals surface area (Å²) in [5, 5.41) is 24.9. The quantitative estimate of drug-likeness (QED) is 0.278. The number of fused-ring (bicyclic) bond motifs is 5. The van der Waals surface area contributed by atoms with E-state index in [-0.39, 0.29) is 11.5 Å². The highest BCUT2D eigenvalue weighted by Gasteiger charge is 2.26. The van der Waals surface area contributed by atoms with Crippen molar-refractivity contribution >= 4 is 21.5 Å². The second-order valence-corrected chi connectivity index (χ2v) is 9.20. The summed E-state index contributed by atoms with van der Waals surface area (Å²) in [4.78, 5) is 0. The molecular formula is C33H22O2. The molecule has 2 nitrogen and oxygen atoms in total. The van der Waals surface area contributed by atoms with Gasteiger partial charge >= 0.3 is 0 Å². The average molecular weight is 451 g/mol. The van der Waals surface area contributed by atoms with Crippen molar-refractivity contribution in [2.24, 2.45) is 0 Å². The van der Waals surface area contributed by atoms with Crippen LogP contribution in [-0.2, 0) is 6.42 Å². The van der Waals surface area contributed by atoms with E-state index in [2.05, 4.69) is 48.5 Å². The van der Waals surface area contributed by atoms with Gasteiger partial charge in [0.25, 0.3) is 0 Å². The van der Waals surface area contributed by atoms with Gasteiger partial charge in [-0.25, -0.2) is 0 Å². The molecule has 0 saturated carbocycles. The number of aromatic hydroxyl groups is 2. The topological polar surface area (TPSA) is 40.5 Å². The minimum absolute atomic E-state index is 0.287. The number of phenols is 2. The van der Waals surface area contributed by atoms with Gasteiger partial charge in [0.2, 0.25) is 0 Å². The fraction of sp³-hybridized carbons (Fsp3) is 0.0303. The number of benzene rings is 6. The van der Waals surface area contributed by atoms with E-state index in [1.807, 2.05) is 48.5 Å². The third kappa shape index (κ3) is 2.90. The van der Waals surface area contributed by atoms with Crippen molar-refractivity contribution < 1.29 is 10.2 Å². The first-order valence-electron chi connectivity index (χ1n) is 11.9. The van der Waals surface area contributed by atoms with Gasteiger partial charge in [-0.2, -0.15) is 0 Å². The maximum atomic E-state index is 10.6. The van der Waals surface area contributed by atoms with Crippen molar-refractivity contribution in [3.8, 4) is 44.9 Å². The Kier molecular flexibility index (Phi) is 4.24. The fourth-order valence-corrected chi connectivity index (χ4v) is 5.76. The molecule has 2 heteroatoms. The van der Waals surface area contributed by atoms with Crippen LogP contribution in [0.25, 0.3) is 54.9 Å². The summed E-state index contributed by atoms with van der Waals surface area (Å²) in [5.41, 5.74) is 9.69. The van der Waals surface area contributed by atoms with Crippen LogP contribution in [0.5, 0.6) is 11.5 Å². The van der Waals surface area contributed by atoms with E-state index >= 15 is 0 Å². The summed E-state index contributed by atoms with van der Waals surface area (Å²) < 4.78 is 0. The predicted octanol–water partition coefficient (Wildman–Crippen LogP) is 8.31. The van der Waals surface area contributed by atoms with E-state index in [1.165, 1.54) is 27.8 Å². The van der Waals surface area contributed by atoms with Gasteiger partial charge in [-0.1, -0.05) is 97.1 Å². The molecule has 6 aromatic carbocycles. The van der Waals surface area contributed by atoms with Crippen molar-refractivity contribution in [1.82, 2.24) is 0 Å². The highest BCUT2D eigenvalue weighted by Crippen LogP contribution is 2.49. The van der Waals surface area contributed by atoms with E-state index in [1.54, 1.807) is 12.1 Å². The lowest BCUT2D eigenvalue weighted by atomic mass is 9.84. The standard InChI is InChI=1S/C33H22O2/c34-31-17-15-25(22-9-3-5-11-26(22)31)28-14-13-24-21-8-2-1-7-20(21)19-30(24)33(28)29-16-18-32(35)27-12-6-4-10-23(27)29/h1-18,34-35H,19H2. The molecule has 1 aliphatic rings. The molecule has 0 amide bonds. The summed E-state index contributed by atoms with van der Waals surface area (Å²) in [5.74, 6) is 0.575. The van der Waals surface area contributed by atoms with Crippen LogP contribution in [0.1, 0.15) is 11.1 Å². The van der Waals surface area contributed by atoms with Crippen molar-refractivity contribution in [1.29, 1.82) is 0 Å². The van der Waals surface area contributed by atoms with Gasteiger partial charge in [0.15, 0.2) is 0 Å². The molecule has 0 bridgehead atoms. The molecule has 166 valence electrons. The van der Waals surface area contributed by atoms with Gasteiger partial charge in [-0.15, -0.1) is 0 Å². The smallest absolute Gasteiger partial charge is 0.123 e. The van der Waals surface area contributed by atoms with Crippen LogP contribution in [-0.4, -0.2) is 10.2 Å². The Morgan fingerprint density at radius 2 is 0.914 bits per heavy atom. The van der Waals surface area contributed by atoms with Crippen molar-refractivity contribution in [2.75, 3.05) is 0 Å². The Hall–Kier alpha value is -4.56. The van der Waals surface area contributed by atoms with Crippen LogP contribution >= 0.6 is 0 Å². The maximum absolute atomic E-state index is 10.6. The molecule has 0 spiro atoms. The molecule has 0 aliphatic heterocycles. The van der Waals surface area contributed by atoms with Crippen molar-refractivity contribution in [3.05, 3.63) is 120 Å². The van der Waals surface area contributed by atoms with E-state index in [9.17, 15) is 10.2 Å². The Labute approximate surface area is 203 Å². The van der Waals surface area contributed by atoms with Gasteiger partial charge in [-0.3, -0.25) is 0 Å². The Morgan fingerprint density at radius 1 is 0.400 bits per heavy atom. The summed E-state index contributed by atoms with van der Waals surface area (Å²) in [7, 11) is 0. The Balaban J connectivity index is 1.62. The molecule has 0 fully saturated rings. The largest absolute Gasteiger partial charge is 0.507 e. The molecule has 0 heterocycles. The SMILES string of the molecule is Oc1ccc(-c2ccc3c(c2-c2ccc(O)c4ccccc24)Cc2ccccc2-3)c2ccccc12. The van der Waals surface area contributed by atoms with Crippen LogP contribution in [0.2, 0.25) is 0 Å². The van der Waals surface area contributed by atoms with Crippen LogP contribution in [0.3, 0.4) is 0 Å². The third-order valence-electron chi connectivity index (χ3n) is 7.35. The van der Waals surface area contributed by atoms with Gasteiger partial charge in [0.05, 0.1) is 0 Å². The summed E-state index contributed by atoms with van der Waals surface area (Å²) >= 11 is 0. The molecule has 35 heavy (non-hydrogen) atoms. The highest BCUT2D eigenvalue weighted by atomic mass is 16.3. The van der Waals surface area contributed by atoms with Gasteiger partial charge in [0.1, 0.15) is 11.5 Å². The fourth-order valence-electron chi connectivity index (χ4n) is 5.76. The first-order valence-corrected chi connectivity index (χ1v) is 11.9. The second kappa shape index (κ2) is 7.48. The lowest BCUT2D eigenvalue weighted by molar-refractivity contribution is 0.481. The molecule has 2 N–H and O–H groups in total.